The number of rotatable bonds is 12. The molecule has 1 aliphatic carbocycles. The van der Waals surface area contributed by atoms with Crippen LogP contribution >= 0.6 is 0 Å². The lowest BCUT2D eigenvalue weighted by atomic mass is 9.84. The summed E-state index contributed by atoms with van der Waals surface area (Å²) in [6.45, 7) is 4.58. The monoisotopic (exact) mass is 628 g/mol. The van der Waals surface area contributed by atoms with Crippen LogP contribution in [0.25, 0.3) is 11.0 Å². The van der Waals surface area contributed by atoms with Crippen LogP contribution in [0.3, 0.4) is 0 Å². The van der Waals surface area contributed by atoms with Crippen LogP contribution in [0.15, 0.2) is 52.9 Å². The largest absolute Gasteiger partial charge is 0.451 e. The third-order valence-electron chi connectivity index (χ3n) is 9.41. The van der Waals surface area contributed by atoms with Gasteiger partial charge in [0.05, 0.1) is 6.04 Å². The Labute approximate surface area is 269 Å². The van der Waals surface area contributed by atoms with Crippen LogP contribution in [-0.4, -0.2) is 48.0 Å². The van der Waals surface area contributed by atoms with Gasteiger partial charge in [-0.25, -0.2) is 0 Å². The van der Waals surface area contributed by atoms with Crippen LogP contribution in [0.4, 0.5) is 0 Å². The molecule has 10 heteroatoms. The molecule has 1 saturated carbocycles. The van der Waals surface area contributed by atoms with Gasteiger partial charge in [-0.3, -0.25) is 24.0 Å². The number of carbonyl (C=O) groups is 5. The molecule has 0 unspecified atom stereocenters. The van der Waals surface area contributed by atoms with E-state index in [1.807, 2.05) is 50.2 Å². The summed E-state index contributed by atoms with van der Waals surface area (Å²) in [4.78, 5) is 66.8. The first-order valence-corrected chi connectivity index (χ1v) is 16.4. The normalized spacial score (nSPS) is 18.3. The Morgan fingerprint density at radius 2 is 1.61 bits per heavy atom. The minimum atomic E-state index is -1.24. The number of ketones is 1. The highest BCUT2D eigenvalue weighted by molar-refractivity contribution is 6.38. The molecule has 2 aromatic carbocycles. The Morgan fingerprint density at radius 3 is 2.33 bits per heavy atom. The third kappa shape index (κ3) is 8.21. The smallest absolute Gasteiger partial charge is 0.289 e. The Morgan fingerprint density at radius 1 is 0.870 bits per heavy atom. The molecule has 4 N–H and O–H groups in total. The van der Waals surface area contributed by atoms with Gasteiger partial charge in [0.25, 0.3) is 11.8 Å². The van der Waals surface area contributed by atoms with Crippen molar-refractivity contribution in [2.24, 2.45) is 11.8 Å². The summed E-state index contributed by atoms with van der Waals surface area (Å²) in [5.41, 5.74) is 3.45. The Balaban J connectivity index is 1.34. The molecule has 2 fully saturated rings. The Bertz CT molecular complexity index is 1540. The van der Waals surface area contributed by atoms with Crippen molar-refractivity contribution < 1.29 is 28.4 Å². The third-order valence-corrected chi connectivity index (χ3v) is 9.41. The summed E-state index contributed by atoms with van der Waals surface area (Å²) in [6.07, 6.45) is 6.78. The summed E-state index contributed by atoms with van der Waals surface area (Å²) >= 11 is 0. The van der Waals surface area contributed by atoms with E-state index in [4.69, 9.17) is 4.42 Å². The number of hydrogen-bond donors (Lipinski definition) is 4. The van der Waals surface area contributed by atoms with Crippen LogP contribution in [0.1, 0.15) is 85.0 Å². The fourth-order valence-corrected chi connectivity index (χ4v) is 6.70. The summed E-state index contributed by atoms with van der Waals surface area (Å²) < 4.78 is 5.75. The summed E-state index contributed by atoms with van der Waals surface area (Å²) in [5, 5.41) is 11.9. The number of carbonyl (C=O) groups excluding carboxylic acids is 5. The average molecular weight is 629 g/mol. The van der Waals surface area contributed by atoms with Crippen molar-refractivity contribution >= 4 is 40.4 Å². The predicted octanol–water partition coefficient (Wildman–Crippen LogP) is 4.41. The number of para-hydroxylation sites is 1. The lowest BCUT2D eigenvalue weighted by Gasteiger charge is -2.29. The van der Waals surface area contributed by atoms with Crippen molar-refractivity contribution in [3.63, 3.8) is 0 Å². The zero-order valence-electron chi connectivity index (χ0n) is 26.7. The summed E-state index contributed by atoms with van der Waals surface area (Å²) in [5.74, 6) is -3.18. The first-order chi connectivity index (χ1) is 22.2. The first kappa shape index (κ1) is 32.9. The van der Waals surface area contributed by atoms with E-state index in [2.05, 4.69) is 21.3 Å². The fourth-order valence-electron chi connectivity index (χ4n) is 6.70. The zero-order chi connectivity index (χ0) is 32.6. The van der Waals surface area contributed by atoms with Gasteiger partial charge in [-0.15, -0.1) is 0 Å². The van der Waals surface area contributed by atoms with Crippen LogP contribution < -0.4 is 21.3 Å². The number of piperidine rings is 1. The number of amides is 4. The molecule has 3 aromatic rings. The van der Waals surface area contributed by atoms with Gasteiger partial charge in [0, 0.05) is 24.4 Å². The van der Waals surface area contributed by atoms with E-state index in [9.17, 15) is 24.0 Å². The van der Waals surface area contributed by atoms with Crippen molar-refractivity contribution in [2.75, 3.05) is 6.54 Å². The molecule has 4 amide bonds. The highest BCUT2D eigenvalue weighted by Gasteiger charge is 2.36. The quantitative estimate of drug-likeness (QED) is 0.219. The molecular formula is C36H44N4O6. The average Bonchev–Trinajstić information content (AvgIpc) is 3.50. The molecule has 10 nitrogen and oxygen atoms in total. The number of nitrogens with one attached hydrogen (secondary N) is 4. The van der Waals surface area contributed by atoms with Crippen molar-refractivity contribution in [2.45, 2.75) is 90.3 Å². The minimum absolute atomic E-state index is 0.0130. The van der Waals surface area contributed by atoms with E-state index < -0.39 is 41.5 Å². The second-order valence-electron chi connectivity index (χ2n) is 12.8. The van der Waals surface area contributed by atoms with Gasteiger partial charge in [0.15, 0.2) is 5.76 Å². The Kier molecular flexibility index (Phi) is 10.9. The van der Waals surface area contributed by atoms with E-state index >= 15 is 0 Å². The van der Waals surface area contributed by atoms with Gasteiger partial charge < -0.3 is 25.7 Å². The van der Waals surface area contributed by atoms with Gasteiger partial charge in [0.2, 0.25) is 17.6 Å². The summed E-state index contributed by atoms with van der Waals surface area (Å²) in [7, 11) is 0. The lowest BCUT2D eigenvalue weighted by Crippen LogP contribution is -2.55. The molecule has 1 aliphatic heterocycles. The highest BCUT2D eigenvalue weighted by atomic mass is 16.3. The number of furan rings is 1. The molecule has 0 spiro atoms. The SMILES string of the molecule is Cc1cccc(C)c1CNC(=O)C(=O)[C@H](C[C@@H]1CCCNC1=O)NC(=O)[C@H](CC1CCCCC1)NC(=O)c1cc2ccccc2o1. The van der Waals surface area contributed by atoms with Crippen molar-refractivity contribution in [3.05, 3.63) is 71.0 Å². The van der Waals surface area contributed by atoms with Gasteiger partial charge in [0.1, 0.15) is 11.6 Å². The molecule has 1 saturated heterocycles. The lowest BCUT2D eigenvalue weighted by molar-refractivity contribution is -0.141. The van der Waals surface area contributed by atoms with Crippen molar-refractivity contribution in [3.8, 4) is 0 Å². The van der Waals surface area contributed by atoms with Crippen molar-refractivity contribution in [1.82, 2.24) is 21.3 Å². The van der Waals surface area contributed by atoms with Crippen LogP contribution in [-0.2, 0) is 25.7 Å². The maximum atomic E-state index is 13.9. The van der Waals surface area contributed by atoms with E-state index in [1.54, 1.807) is 12.1 Å². The predicted molar refractivity (Wildman–Crippen MR) is 174 cm³/mol. The second kappa shape index (κ2) is 15.2. The second-order valence-corrected chi connectivity index (χ2v) is 12.8. The van der Waals surface area contributed by atoms with E-state index in [-0.39, 0.29) is 30.6 Å². The molecule has 5 rings (SSSR count). The molecular weight excluding hydrogens is 584 g/mol. The molecule has 0 radical (unpaired) electrons. The molecule has 2 aliphatic rings. The number of hydrogen-bond acceptors (Lipinski definition) is 6. The Hall–Kier alpha value is -4.47. The highest BCUT2D eigenvalue weighted by Crippen LogP contribution is 2.28. The van der Waals surface area contributed by atoms with Gasteiger partial charge in [-0.2, -0.15) is 0 Å². The zero-order valence-corrected chi connectivity index (χ0v) is 26.7. The minimum Gasteiger partial charge on any atom is -0.451 e. The number of fused-ring (bicyclic) bond motifs is 1. The molecule has 0 bridgehead atoms. The number of aryl methyl sites for hydroxylation is 2. The van der Waals surface area contributed by atoms with Gasteiger partial charge in [-0.05, 0) is 74.3 Å². The van der Waals surface area contributed by atoms with E-state index in [0.29, 0.717) is 25.0 Å². The van der Waals surface area contributed by atoms with Crippen LogP contribution in [0, 0.1) is 25.7 Å². The fraction of sp³-hybridized carbons (Fsp3) is 0.472. The van der Waals surface area contributed by atoms with Crippen LogP contribution in [0.5, 0.6) is 0 Å². The van der Waals surface area contributed by atoms with Crippen LogP contribution in [0.2, 0.25) is 0 Å². The van der Waals surface area contributed by atoms with Gasteiger partial charge >= 0.3 is 0 Å². The van der Waals surface area contributed by atoms with Gasteiger partial charge in [-0.1, -0.05) is 68.5 Å². The molecule has 3 atom stereocenters. The maximum Gasteiger partial charge on any atom is 0.289 e. The standard InChI is InChI=1S/C36H44N4O6/c1-22-10-8-11-23(2)27(22)21-38-36(45)32(41)28(19-26-15-9-17-37-33(26)42)39-34(43)29(18-24-12-4-3-5-13-24)40-35(44)31-20-25-14-6-7-16-30(25)46-31/h6-8,10-11,14,16,20,24,26,28-29H,3-5,9,12-13,15,17-19,21H2,1-2H3,(H,37,42)(H,38,45)(H,39,43)(H,40,44)/t26-,28-,29-/m0/s1. The molecule has 2 heterocycles. The molecule has 1 aromatic heterocycles. The topological polar surface area (TPSA) is 147 Å². The van der Waals surface area contributed by atoms with E-state index in [1.165, 1.54) is 0 Å². The van der Waals surface area contributed by atoms with E-state index in [0.717, 1.165) is 60.6 Å². The maximum absolute atomic E-state index is 13.9. The molecule has 46 heavy (non-hydrogen) atoms. The molecule has 244 valence electrons. The van der Waals surface area contributed by atoms with Crippen molar-refractivity contribution in [1.29, 1.82) is 0 Å². The number of Topliss-reactive ketones (excluding diaryl/α,β-unsaturated/α-hetero) is 1. The summed E-state index contributed by atoms with van der Waals surface area (Å²) in [6, 6.07) is 12.5. The first-order valence-electron chi connectivity index (χ1n) is 16.4. The number of benzene rings is 2.